The van der Waals surface area contributed by atoms with Crippen LogP contribution in [0.3, 0.4) is 0 Å². The zero-order chi connectivity index (χ0) is 25.5. The number of aromatic nitrogens is 2. The molecule has 2 aromatic carbocycles. The molecule has 1 aliphatic carbocycles. The first-order valence-corrected chi connectivity index (χ1v) is 14.5. The normalized spacial score (nSPS) is 15.6. The number of nitrogens with zero attached hydrogens (tertiary/aromatic N) is 4. The number of fused-ring (bicyclic) bond motifs is 3. The van der Waals surface area contributed by atoms with Gasteiger partial charge < -0.3 is 0 Å². The lowest BCUT2D eigenvalue weighted by Gasteiger charge is -2.25. The van der Waals surface area contributed by atoms with Crippen LogP contribution in [0.2, 0.25) is 0 Å². The van der Waals surface area contributed by atoms with Crippen molar-refractivity contribution in [1.29, 1.82) is 0 Å². The van der Waals surface area contributed by atoms with Crippen LogP contribution in [0.15, 0.2) is 69.4 Å². The van der Waals surface area contributed by atoms with Crippen LogP contribution in [0.4, 0.5) is 5.69 Å². The summed E-state index contributed by atoms with van der Waals surface area (Å²) in [5.41, 5.74) is 1.83. The first-order valence-electron chi connectivity index (χ1n) is 11.9. The molecule has 0 saturated heterocycles. The van der Waals surface area contributed by atoms with E-state index in [4.69, 9.17) is 4.98 Å². The number of nitro groups is 1. The van der Waals surface area contributed by atoms with Crippen LogP contribution in [0.1, 0.15) is 39.7 Å². The minimum absolute atomic E-state index is 0.0103. The number of ketones is 1. The molecule has 0 atom stereocenters. The van der Waals surface area contributed by atoms with Crippen molar-refractivity contribution in [3.8, 4) is 0 Å². The van der Waals surface area contributed by atoms with Gasteiger partial charge in [0, 0.05) is 46.6 Å². The second kappa shape index (κ2) is 10.1. The van der Waals surface area contributed by atoms with Crippen molar-refractivity contribution in [2.45, 2.75) is 41.9 Å². The Morgan fingerprint density at radius 2 is 1.89 bits per heavy atom. The monoisotopic (exact) mass is 550 g/mol. The Morgan fingerprint density at radius 3 is 2.59 bits per heavy atom. The van der Waals surface area contributed by atoms with Gasteiger partial charge in [-0.3, -0.25) is 24.3 Å². The van der Waals surface area contributed by atoms with Crippen LogP contribution < -0.4 is 5.56 Å². The first kappa shape index (κ1) is 24.4. The summed E-state index contributed by atoms with van der Waals surface area (Å²) >= 11 is 4.46. The van der Waals surface area contributed by atoms with Crippen LogP contribution in [0.25, 0.3) is 10.2 Å². The molecule has 37 heavy (non-hydrogen) atoms. The fraction of sp³-hybridized carbons (Fsp3) is 0.269. The summed E-state index contributed by atoms with van der Waals surface area (Å²) in [4.78, 5) is 44.6. The lowest BCUT2D eigenvalue weighted by Crippen LogP contribution is -2.26. The summed E-state index contributed by atoms with van der Waals surface area (Å²) in [6.45, 7) is 1.45. The Hall–Kier alpha value is -2.99. The molecule has 1 aliphatic heterocycles. The zero-order valence-corrected chi connectivity index (χ0v) is 22.1. The number of carbonyl (C=O) groups is 1. The number of benzene rings is 2. The summed E-state index contributed by atoms with van der Waals surface area (Å²) in [7, 11) is 0. The molecule has 1 fully saturated rings. The van der Waals surface area contributed by atoms with E-state index in [2.05, 4.69) is 4.31 Å². The molecule has 2 aromatic heterocycles. The summed E-state index contributed by atoms with van der Waals surface area (Å²) in [6.07, 6.45) is 2.66. The lowest BCUT2D eigenvalue weighted by atomic mass is 10.1. The maximum atomic E-state index is 13.7. The van der Waals surface area contributed by atoms with Crippen LogP contribution in [-0.4, -0.2) is 36.9 Å². The standard InChI is InChI=1S/C26H22N4O4S3/c31-21(16-4-2-1-3-5-16)15-35-26-27-24-23(25(32)29(26)17-6-7-17)20-12-13-28(14-22(20)36-24)37-19-10-8-18(9-11-19)30(33)34/h1-5,8-11,17H,6-7,12-15H2. The number of nitro benzene ring substituents is 1. The third-order valence-corrected chi connectivity index (χ3v) is 9.58. The van der Waals surface area contributed by atoms with Gasteiger partial charge in [-0.25, -0.2) is 9.29 Å². The van der Waals surface area contributed by atoms with Crippen LogP contribution in [-0.2, 0) is 13.0 Å². The molecule has 11 heteroatoms. The highest BCUT2D eigenvalue weighted by Crippen LogP contribution is 2.40. The van der Waals surface area contributed by atoms with Crippen molar-refractivity contribution in [2.24, 2.45) is 0 Å². The van der Waals surface area contributed by atoms with Gasteiger partial charge in [0.1, 0.15) is 4.83 Å². The molecule has 2 aliphatic rings. The van der Waals surface area contributed by atoms with Gasteiger partial charge >= 0.3 is 0 Å². The van der Waals surface area contributed by atoms with E-state index in [1.807, 2.05) is 22.8 Å². The van der Waals surface area contributed by atoms with E-state index in [-0.39, 0.29) is 28.8 Å². The number of carbonyl (C=O) groups excluding carboxylic acids is 1. The maximum Gasteiger partial charge on any atom is 0.269 e. The van der Waals surface area contributed by atoms with Gasteiger partial charge in [-0.1, -0.05) is 42.1 Å². The SMILES string of the molecule is O=C(CSc1nc2sc3c(c2c(=O)n1C1CC1)CCN(Sc1ccc([N+](=O)[O-])cc1)C3)c1ccccc1. The lowest BCUT2D eigenvalue weighted by molar-refractivity contribution is -0.384. The van der Waals surface area contributed by atoms with Gasteiger partial charge in [-0.15, -0.1) is 11.3 Å². The Bertz CT molecular complexity index is 1560. The molecule has 0 amide bonds. The topological polar surface area (TPSA) is 98.3 Å². The third kappa shape index (κ3) is 4.96. The van der Waals surface area contributed by atoms with Crippen molar-refractivity contribution < 1.29 is 9.72 Å². The summed E-state index contributed by atoms with van der Waals surface area (Å²) in [5.74, 6) is 0.256. The number of thioether (sulfide) groups is 1. The van der Waals surface area contributed by atoms with Crippen LogP contribution in [0, 0.1) is 10.1 Å². The van der Waals surface area contributed by atoms with E-state index in [9.17, 15) is 19.7 Å². The van der Waals surface area contributed by atoms with Gasteiger partial charge in [0.05, 0.1) is 16.1 Å². The number of hydrogen-bond donors (Lipinski definition) is 0. The first-order chi connectivity index (χ1) is 18.0. The minimum Gasteiger partial charge on any atom is -0.293 e. The van der Waals surface area contributed by atoms with E-state index in [1.165, 1.54) is 23.9 Å². The molecule has 8 nitrogen and oxygen atoms in total. The number of hydrogen-bond acceptors (Lipinski definition) is 9. The fourth-order valence-corrected chi connectivity index (χ4v) is 7.71. The molecule has 0 bridgehead atoms. The van der Waals surface area contributed by atoms with Crippen LogP contribution in [0.5, 0.6) is 0 Å². The molecule has 3 heterocycles. The highest BCUT2D eigenvalue weighted by molar-refractivity contribution is 7.99. The average molecular weight is 551 g/mol. The molecule has 188 valence electrons. The van der Waals surface area contributed by atoms with Crippen molar-refractivity contribution in [2.75, 3.05) is 12.3 Å². The number of rotatable bonds is 8. The van der Waals surface area contributed by atoms with E-state index >= 15 is 0 Å². The Kier molecular flexibility index (Phi) is 6.62. The molecule has 0 unspecified atom stereocenters. The maximum absolute atomic E-state index is 13.7. The van der Waals surface area contributed by atoms with Crippen molar-refractivity contribution >= 4 is 56.7 Å². The predicted molar refractivity (Wildman–Crippen MR) is 147 cm³/mol. The molecular formula is C26H22N4O4S3. The van der Waals surface area contributed by atoms with E-state index in [0.717, 1.165) is 51.4 Å². The fourth-order valence-electron chi connectivity index (χ4n) is 4.46. The van der Waals surface area contributed by atoms with Gasteiger partial charge in [0.2, 0.25) is 0 Å². The van der Waals surface area contributed by atoms with Crippen molar-refractivity contribution in [3.63, 3.8) is 0 Å². The third-order valence-electron chi connectivity index (χ3n) is 6.46. The number of non-ortho nitro benzene ring substituents is 1. The molecule has 1 saturated carbocycles. The molecule has 0 radical (unpaired) electrons. The molecule has 4 aromatic rings. The van der Waals surface area contributed by atoms with Crippen molar-refractivity contribution in [3.05, 3.63) is 91.1 Å². The highest BCUT2D eigenvalue weighted by atomic mass is 32.2. The predicted octanol–water partition coefficient (Wildman–Crippen LogP) is 5.74. The quantitative estimate of drug-likeness (QED) is 0.0684. The van der Waals surface area contributed by atoms with Gasteiger partial charge in [0.25, 0.3) is 11.2 Å². The van der Waals surface area contributed by atoms with Gasteiger partial charge in [-0.2, -0.15) is 0 Å². The Balaban J connectivity index is 1.26. The van der Waals surface area contributed by atoms with Gasteiger partial charge in [0.15, 0.2) is 10.9 Å². The van der Waals surface area contributed by atoms with E-state index in [1.54, 1.807) is 47.6 Å². The van der Waals surface area contributed by atoms with Gasteiger partial charge in [-0.05, 0) is 48.9 Å². The number of Topliss-reactive ketones (excluding diaryl/α,β-unsaturated/α-hetero) is 1. The summed E-state index contributed by atoms with van der Waals surface area (Å²) in [5, 5.41) is 12.3. The van der Waals surface area contributed by atoms with E-state index in [0.29, 0.717) is 17.3 Å². The Labute approximate surface area is 225 Å². The molecular weight excluding hydrogens is 529 g/mol. The molecule has 0 N–H and O–H groups in total. The minimum atomic E-state index is -0.398. The number of thiophene rings is 1. The van der Waals surface area contributed by atoms with E-state index < -0.39 is 4.92 Å². The van der Waals surface area contributed by atoms with Crippen molar-refractivity contribution in [1.82, 2.24) is 13.9 Å². The molecule has 0 spiro atoms. The zero-order valence-electron chi connectivity index (χ0n) is 19.7. The second-order valence-electron chi connectivity index (χ2n) is 9.02. The average Bonchev–Trinajstić information content (AvgIpc) is 3.67. The Morgan fingerprint density at radius 1 is 1.14 bits per heavy atom. The largest absolute Gasteiger partial charge is 0.293 e. The highest BCUT2D eigenvalue weighted by Gasteiger charge is 2.32. The smallest absolute Gasteiger partial charge is 0.269 e. The van der Waals surface area contributed by atoms with Crippen LogP contribution >= 0.6 is 35.0 Å². The molecule has 6 rings (SSSR count). The summed E-state index contributed by atoms with van der Waals surface area (Å²) < 4.78 is 4.03. The summed E-state index contributed by atoms with van der Waals surface area (Å²) in [6, 6.07) is 15.9. The second-order valence-corrected chi connectivity index (χ2v) is 12.2.